The van der Waals surface area contributed by atoms with Crippen molar-refractivity contribution in [3.63, 3.8) is 0 Å². The van der Waals surface area contributed by atoms with Crippen LogP contribution in [-0.2, 0) is 9.53 Å². The predicted octanol–water partition coefficient (Wildman–Crippen LogP) is 3.67. The summed E-state index contributed by atoms with van der Waals surface area (Å²) in [6.07, 6.45) is 0. The second-order valence-electron chi connectivity index (χ2n) is 6.68. The Morgan fingerprint density at radius 1 is 1.16 bits per heavy atom. The van der Waals surface area contributed by atoms with E-state index in [4.69, 9.17) is 10.00 Å². The molecule has 9 heteroatoms. The van der Waals surface area contributed by atoms with Crippen LogP contribution in [0.4, 0.5) is 11.4 Å². The zero-order valence-electron chi connectivity index (χ0n) is 16.8. The van der Waals surface area contributed by atoms with E-state index in [9.17, 15) is 19.7 Å². The maximum atomic E-state index is 12.5. The molecule has 0 fully saturated rings. The lowest BCUT2D eigenvalue weighted by Crippen LogP contribution is -2.21. The van der Waals surface area contributed by atoms with E-state index in [1.165, 1.54) is 12.1 Å². The first kappa shape index (κ1) is 21.3. The fourth-order valence-corrected chi connectivity index (χ4v) is 3.19. The summed E-state index contributed by atoms with van der Waals surface area (Å²) in [7, 11) is 0. The molecule has 0 atom stereocenters. The Labute approximate surface area is 177 Å². The van der Waals surface area contributed by atoms with Crippen molar-refractivity contribution in [3.05, 3.63) is 87.2 Å². The van der Waals surface area contributed by atoms with Crippen LogP contribution in [0.15, 0.2) is 54.6 Å². The molecule has 0 unspecified atom stereocenters. The highest BCUT2D eigenvalue weighted by molar-refractivity contribution is 5.97. The van der Waals surface area contributed by atoms with Crippen molar-refractivity contribution in [2.75, 3.05) is 11.9 Å². The third-order valence-corrected chi connectivity index (χ3v) is 4.61. The van der Waals surface area contributed by atoms with Gasteiger partial charge >= 0.3 is 5.97 Å². The molecule has 31 heavy (non-hydrogen) atoms. The van der Waals surface area contributed by atoms with Gasteiger partial charge in [-0.1, -0.05) is 18.2 Å². The number of benzene rings is 2. The van der Waals surface area contributed by atoms with Gasteiger partial charge in [0.2, 0.25) is 0 Å². The van der Waals surface area contributed by atoms with Crippen LogP contribution in [0.5, 0.6) is 0 Å². The van der Waals surface area contributed by atoms with Crippen molar-refractivity contribution in [1.29, 1.82) is 5.26 Å². The summed E-state index contributed by atoms with van der Waals surface area (Å²) in [6.45, 7) is 3.07. The lowest BCUT2D eigenvalue weighted by atomic mass is 10.1. The molecule has 0 saturated carbocycles. The first-order chi connectivity index (χ1) is 14.8. The summed E-state index contributed by atoms with van der Waals surface area (Å²) in [5.74, 6) is -1.33. The zero-order valence-corrected chi connectivity index (χ0v) is 16.8. The Kier molecular flexibility index (Phi) is 6.12. The summed E-state index contributed by atoms with van der Waals surface area (Å²) in [5.41, 5.74) is 2.51. The first-order valence-electron chi connectivity index (χ1n) is 9.21. The number of carbonyl (C=O) groups excluding carboxylic acids is 2. The number of para-hydroxylation sites is 1. The van der Waals surface area contributed by atoms with Crippen molar-refractivity contribution in [2.45, 2.75) is 13.8 Å². The number of amides is 1. The van der Waals surface area contributed by atoms with Crippen LogP contribution < -0.4 is 5.32 Å². The molecule has 1 heterocycles. The molecule has 3 rings (SSSR count). The van der Waals surface area contributed by atoms with E-state index in [0.29, 0.717) is 11.3 Å². The van der Waals surface area contributed by atoms with Crippen LogP contribution in [0.1, 0.15) is 27.3 Å². The number of ether oxygens (including phenoxy) is 1. The van der Waals surface area contributed by atoms with Crippen molar-refractivity contribution in [2.24, 2.45) is 0 Å². The second-order valence-corrected chi connectivity index (χ2v) is 6.68. The SMILES string of the molecule is Cc1cc(C(=O)OCC(=O)Nc2ccc([N+](=O)[O-])cc2C#N)c(C)n1-c1ccccc1. The number of aryl methyl sites for hydroxylation is 1. The number of esters is 1. The molecule has 0 saturated heterocycles. The molecule has 0 aliphatic carbocycles. The maximum absolute atomic E-state index is 12.5. The summed E-state index contributed by atoms with van der Waals surface area (Å²) in [4.78, 5) is 34.9. The highest BCUT2D eigenvalue weighted by Gasteiger charge is 2.19. The van der Waals surface area contributed by atoms with E-state index in [-0.39, 0.29) is 16.9 Å². The van der Waals surface area contributed by atoms with Gasteiger partial charge in [0.25, 0.3) is 11.6 Å². The van der Waals surface area contributed by atoms with Crippen LogP contribution in [0, 0.1) is 35.3 Å². The molecule has 1 N–H and O–H groups in total. The number of carbonyl (C=O) groups is 2. The lowest BCUT2D eigenvalue weighted by Gasteiger charge is -2.10. The largest absolute Gasteiger partial charge is 0.452 e. The van der Waals surface area contributed by atoms with E-state index >= 15 is 0 Å². The summed E-state index contributed by atoms with van der Waals surface area (Å²) in [5, 5.41) is 22.4. The monoisotopic (exact) mass is 418 g/mol. The van der Waals surface area contributed by atoms with E-state index in [1.54, 1.807) is 19.1 Å². The summed E-state index contributed by atoms with van der Waals surface area (Å²) >= 11 is 0. The van der Waals surface area contributed by atoms with Gasteiger partial charge in [0, 0.05) is 29.2 Å². The number of hydrogen-bond donors (Lipinski definition) is 1. The summed E-state index contributed by atoms with van der Waals surface area (Å²) < 4.78 is 7.04. The third kappa shape index (κ3) is 4.59. The van der Waals surface area contributed by atoms with Crippen LogP contribution in [0.25, 0.3) is 5.69 Å². The Morgan fingerprint density at radius 2 is 1.87 bits per heavy atom. The van der Waals surface area contributed by atoms with Crippen LogP contribution in [0.3, 0.4) is 0 Å². The molecule has 0 aliphatic heterocycles. The molecule has 2 aromatic carbocycles. The van der Waals surface area contributed by atoms with Gasteiger partial charge in [-0.25, -0.2) is 4.79 Å². The number of nitrogens with one attached hydrogen (secondary N) is 1. The number of aromatic nitrogens is 1. The molecule has 1 amide bonds. The molecule has 156 valence electrons. The highest BCUT2D eigenvalue weighted by atomic mass is 16.6. The molecule has 3 aromatic rings. The zero-order chi connectivity index (χ0) is 22.5. The van der Waals surface area contributed by atoms with Gasteiger partial charge in [-0.15, -0.1) is 0 Å². The predicted molar refractivity (Wildman–Crippen MR) is 112 cm³/mol. The van der Waals surface area contributed by atoms with Crippen molar-refractivity contribution < 1.29 is 19.2 Å². The van der Waals surface area contributed by atoms with Gasteiger partial charge < -0.3 is 14.6 Å². The number of nitrogens with zero attached hydrogens (tertiary/aromatic N) is 3. The second kappa shape index (κ2) is 8.92. The molecular formula is C22H18N4O5. The molecule has 0 spiro atoms. The number of anilines is 1. The molecule has 0 aliphatic rings. The number of rotatable bonds is 6. The number of hydrogen-bond acceptors (Lipinski definition) is 6. The number of non-ortho nitro benzene ring substituents is 1. The lowest BCUT2D eigenvalue weighted by molar-refractivity contribution is -0.384. The van der Waals surface area contributed by atoms with Crippen molar-refractivity contribution in [3.8, 4) is 11.8 Å². The van der Waals surface area contributed by atoms with Gasteiger partial charge in [0.05, 0.1) is 21.7 Å². The Balaban J connectivity index is 1.69. The smallest absolute Gasteiger partial charge is 0.340 e. The minimum atomic E-state index is -0.671. The number of nitro groups is 1. The number of nitro benzene ring substituents is 1. The van der Waals surface area contributed by atoms with E-state index in [1.807, 2.05) is 41.8 Å². The van der Waals surface area contributed by atoms with Crippen LogP contribution in [-0.4, -0.2) is 28.0 Å². The summed E-state index contributed by atoms with van der Waals surface area (Å²) in [6, 6.07) is 16.5. The first-order valence-corrected chi connectivity index (χ1v) is 9.21. The maximum Gasteiger partial charge on any atom is 0.340 e. The minimum Gasteiger partial charge on any atom is -0.452 e. The normalized spacial score (nSPS) is 10.2. The standard InChI is InChI=1S/C22H18N4O5/c1-14-10-19(15(2)25(14)17-6-4-3-5-7-17)22(28)31-13-21(27)24-20-9-8-18(26(29)30)11-16(20)12-23/h3-11H,13H2,1-2H3,(H,24,27). The van der Waals surface area contributed by atoms with Gasteiger partial charge in [-0.05, 0) is 38.1 Å². The number of nitriles is 1. The van der Waals surface area contributed by atoms with E-state index in [0.717, 1.165) is 17.4 Å². The average molecular weight is 418 g/mol. The molecule has 9 nitrogen and oxygen atoms in total. The van der Waals surface area contributed by atoms with Crippen molar-refractivity contribution >= 4 is 23.3 Å². The Morgan fingerprint density at radius 3 is 2.52 bits per heavy atom. The van der Waals surface area contributed by atoms with Gasteiger partial charge in [0.1, 0.15) is 6.07 Å². The van der Waals surface area contributed by atoms with Gasteiger partial charge in [-0.3, -0.25) is 14.9 Å². The minimum absolute atomic E-state index is 0.0692. The highest BCUT2D eigenvalue weighted by Crippen LogP contribution is 2.23. The average Bonchev–Trinajstić information content (AvgIpc) is 3.06. The van der Waals surface area contributed by atoms with Crippen molar-refractivity contribution in [1.82, 2.24) is 4.57 Å². The molecule has 0 bridgehead atoms. The third-order valence-electron chi connectivity index (χ3n) is 4.61. The Bertz CT molecular complexity index is 1210. The van der Waals surface area contributed by atoms with Crippen LogP contribution >= 0.6 is 0 Å². The van der Waals surface area contributed by atoms with E-state index in [2.05, 4.69) is 5.32 Å². The molecule has 0 radical (unpaired) electrons. The van der Waals surface area contributed by atoms with E-state index < -0.39 is 23.4 Å². The molecular weight excluding hydrogens is 400 g/mol. The van der Waals surface area contributed by atoms with Gasteiger partial charge in [-0.2, -0.15) is 5.26 Å². The fraction of sp³-hybridized carbons (Fsp3) is 0.136. The Hall–Kier alpha value is -4.45. The van der Waals surface area contributed by atoms with Gasteiger partial charge in [0.15, 0.2) is 6.61 Å². The topological polar surface area (TPSA) is 127 Å². The van der Waals surface area contributed by atoms with Crippen LogP contribution in [0.2, 0.25) is 0 Å². The molecule has 1 aromatic heterocycles. The quantitative estimate of drug-likeness (QED) is 0.370. The fourth-order valence-electron chi connectivity index (χ4n) is 3.19.